The third kappa shape index (κ3) is 1.16. The Morgan fingerprint density at radius 2 is 2.20 bits per heavy atom. The van der Waals surface area contributed by atoms with Gasteiger partial charge in [-0.25, -0.2) is 4.98 Å². The molecule has 0 amide bonds. The highest BCUT2D eigenvalue weighted by molar-refractivity contribution is 6.03. The van der Waals surface area contributed by atoms with E-state index in [1.807, 2.05) is 19.3 Å². The summed E-state index contributed by atoms with van der Waals surface area (Å²) in [5, 5.41) is 5.56. The molecule has 2 aromatic heterocycles. The van der Waals surface area contributed by atoms with E-state index in [0.29, 0.717) is 0 Å². The molecule has 2 heterocycles. The molecule has 3 nitrogen and oxygen atoms in total. The van der Waals surface area contributed by atoms with Crippen molar-refractivity contribution in [1.29, 1.82) is 0 Å². The Hall–Kier alpha value is -2.03. The molecule has 0 aliphatic rings. The van der Waals surface area contributed by atoms with Gasteiger partial charge in [0, 0.05) is 18.5 Å². The van der Waals surface area contributed by atoms with E-state index < -0.39 is 0 Å². The van der Waals surface area contributed by atoms with Crippen LogP contribution in [-0.4, -0.2) is 12.0 Å². The van der Waals surface area contributed by atoms with Gasteiger partial charge in [-0.3, -0.25) is 0 Å². The molecule has 0 unspecified atom stereocenters. The molecule has 3 aromatic rings. The maximum Gasteiger partial charge on any atom is 0.220 e. The van der Waals surface area contributed by atoms with Crippen molar-refractivity contribution in [3.05, 3.63) is 36.5 Å². The lowest BCUT2D eigenvalue weighted by Gasteiger charge is -1.91. The van der Waals surface area contributed by atoms with E-state index in [4.69, 9.17) is 0 Å². The van der Waals surface area contributed by atoms with Crippen LogP contribution in [0, 0.1) is 0 Å². The molecule has 0 aliphatic heterocycles. The molecule has 3 rings (SSSR count). The van der Waals surface area contributed by atoms with Gasteiger partial charge in [-0.1, -0.05) is 0 Å². The first-order chi connectivity index (χ1) is 7.38. The van der Waals surface area contributed by atoms with Crippen LogP contribution in [0.2, 0.25) is 0 Å². The van der Waals surface area contributed by atoms with Crippen LogP contribution < -0.4 is 10.3 Å². The third-order valence-corrected chi connectivity index (χ3v) is 2.70. The summed E-state index contributed by atoms with van der Waals surface area (Å²) in [7, 11) is 1.91. The van der Waals surface area contributed by atoms with Crippen LogP contribution >= 0.6 is 0 Å². The van der Waals surface area contributed by atoms with Crippen LogP contribution in [0.4, 0.5) is 5.82 Å². The van der Waals surface area contributed by atoms with E-state index in [-0.39, 0.29) is 0 Å². The van der Waals surface area contributed by atoms with E-state index in [9.17, 15) is 0 Å². The number of nitrogens with one attached hydrogen (secondary N) is 3. The fraction of sp³-hybridized carbons (Fsp3) is 0.0833. The minimum Gasteiger partial charge on any atom is -0.375 e. The minimum atomic E-state index is 1.04. The van der Waals surface area contributed by atoms with Gasteiger partial charge >= 0.3 is 0 Å². The average molecular weight is 198 g/mol. The summed E-state index contributed by atoms with van der Waals surface area (Å²) in [5.41, 5.74) is 2.32. The van der Waals surface area contributed by atoms with Crippen LogP contribution in [0.25, 0.3) is 21.8 Å². The van der Waals surface area contributed by atoms with Crippen LogP contribution in [0.5, 0.6) is 0 Å². The molecule has 74 valence electrons. The number of benzene rings is 1. The lowest BCUT2D eigenvalue weighted by Crippen LogP contribution is -2.00. The summed E-state index contributed by atoms with van der Waals surface area (Å²) < 4.78 is 0. The molecule has 1 aromatic carbocycles. The van der Waals surface area contributed by atoms with E-state index in [0.717, 1.165) is 11.3 Å². The first-order valence-corrected chi connectivity index (χ1v) is 4.98. The van der Waals surface area contributed by atoms with Gasteiger partial charge in [0.2, 0.25) is 5.52 Å². The van der Waals surface area contributed by atoms with Gasteiger partial charge in [0.25, 0.3) is 0 Å². The van der Waals surface area contributed by atoms with Crippen LogP contribution in [-0.2, 0) is 0 Å². The number of fused-ring (bicyclic) bond motifs is 3. The number of hydrogen-bond acceptors (Lipinski definition) is 1. The standard InChI is InChI=1S/C12H11N3/c1-13-11-7-9-10(15-11)5-4-8-3-2-6-14-12(8)9/h2-7,13,15H,1H3/p+1. The Bertz CT molecular complexity index is 625. The van der Waals surface area contributed by atoms with Crippen LogP contribution in [0.3, 0.4) is 0 Å². The van der Waals surface area contributed by atoms with Gasteiger partial charge in [0.1, 0.15) is 5.82 Å². The van der Waals surface area contributed by atoms with Crippen molar-refractivity contribution >= 4 is 27.6 Å². The largest absolute Gasteiger partial charge is 0.375 e. The number of pyridine rings is 1. The van der Waals surface area contributed by atoms with Crippen molar-refractivity contribution in [2.24, 2.45) is 0 Å². The smallest absolute Gasteiger partial charge is 0.220 e. The average Bonchev–Trinajstić information content (AvgIpc) is 2.72. The van der Waals surface area contributed by atoms with Crippen LogP contribution in [0.15, 0.2) is 36.5 Å². The highest BCUT2D eigenvalue weighted by atomic mass is 15.0. The SMILES string of the molecule is CNc1cc2c(ccc3ccc[nH+]c32)[nH]1. The topological polar surface area (TPSA) is 42.0 Å². The molecule has 0 atom stereocenters. The first kappa shape index (κ1) is 8.29. The highest BCUT2D eigenvalue weighted by Gasteiger charge is 2.08. The van der Waals surface area contributed by atoms with E-state index in [1.54, 1.807) is 0 Å². The van der Waals surface area contributed by atoms with Crippen molar-refractivity contribution < 1.29 is 4.98 Å². The van der Waals surface area contributed by atoms with E-state index >= 15 is 0 Å². The first-order valence-electron chi connectivity index (χ1n) is 4.98. The number of rotatable bonds is 1. The van der Waals surface area contributed by atoms with Gasteiger partial charge in [0.05, 0.1) is 10.9 Å². The summed E-state index contributed by atoms with van der Waals surface area (Å²) in [4.78, 5) is 6.59. The molecule has 0 aliphatic carbocycles. The summed E-state index contributed by atoms with van der Waals surface area (Å²) in [6.07, 6.45) is 1.95. The maximum atomic E-state index is 3.31. The van der Waals surface area contributed by atoms with Crippen LogP contribution in [0.1, 0.15) is 0 Å². The van der Waals surface area contributed by atoms with Crippen molar-refractivity contribution in [1.82, 2.24) is 4.98 Å². The Morgan fingerprint density at radius 3 is 3.07 bits per heavy atom. The van der Waals surface area contributed by atoms with Crippen molar-refractivity contribution in [3.63, 3.8) is 0 Å². The second-order valence-electron chi connectivity index (χ2n) is 3.59. The quantitative estimate of drug-likeness (QED) is 0.618. The number of anilines is 1. The number of aromatic nitrogens is 2. The molecule has 0 radical (unpaired) electrons. The molecular formula is C12H12N3+. The second-order valence-corrected chi connectivity index (χ2v) is 3.59. The zero-order chi connectivity index (χ0) is 10.3. The molecular weight excluding hydrogens is 186 g/mol. The molecule has 0 fully saturated rings. The monoisotopic (exact) mass is 198 g/mol. The van der Waals surface area contributed by atoms with Gasteiger partial charge < -0.3 is 10.3 Å². The van der Waals surface area contributed by atoms with Gasteiger partial charge in [-0.05, 0) is 24.3 Å². The third-order valence-electron chi connectivity index (χ3n) is 2.70. The zero-order valence-corrected chi connectivity index (χ0v) is 8.46. The Labute approximate surface area is 87.1 Å². The zero-order valence-electron chi connectivity index (χ0n) is 8.46. The lowest BCUT2D eigenvalue weighted by molar-refractivity contribution is -0.343. The lowest BCUT2D eigenvalue weighted by atomic mass is 10.1. The Kier molecular flexibility index (Phi) is 1.65. The van der Waals surface area contributed by atoms with Crippen molar-refractivity contribution in [3.8, 4) is 0 Å². The normalized spacial score (nSPS) is 11.0. The number of aromatic amines is 2. The van der Waals surface area contributed by atoms with Gasteiger partial charge in [0.15, 0.2) is 6.20 Å². The maximum absolute atomic E-state index is 3.31. The summed E-state index contributed by atoms with van der Waals surface area (Å²) in [6.45, 7) is 0. The van der Waals surface area contributed by atoms with Gasteiger partial charge in [-0.2, -0.15) is 0 Å². The summed E-state index contributed by atoms with van der Waals surface area (Å²) in [5.74, 6) is 1.04. The van der Waals surface area contributed by atoms with Crippen molar-refractivity contribution in [2.75, 3.05) is 12.4 Å². The van der Waals surface area contributed by atoms with E-state index in [1.165, 1.54) is 16.3 Å². The summed E-state index contributed by atoms with van der Waals surface area (Å²) >= 11 is 0. The predicted octanol–water partition coefficient (Wildman–Crippen LogP) is 2.18. The molecule has 3 N–H and O–H groups in total. The van der Waals surface area contributed by atoms with Gasteiger partial charge in [-0.15, -0.1) is 0 Å². The number of hydrogen-bond donors (Lipinski definition) is 2. The molecule has 0 bridgehead atoms. The van der Waals surface area contributed by atoms with E-state index in [2.05, 4.69) is 39.6 Å². The fourth-order valence-electron chi connectivity index (χ4n) is 1.94. The second kappa shape index (κ2) is 2.98. The van der Waals surface area contributed by atoms with Crippen molar-refractivity contribution in [2.45, 2.75) is 0 Å². The minimum absolute atomic E-state index is 1.04. The highest BCUT2D eigenvalue weighted by Crippen LogP contribution is 2.24. The summed E-state index contributed by atoms with van der Waals surface area (Å²) in [6, 6.07) is 10.5. The Balaban J connectivity index is 2.47. The fourth-order valence-corrected chi connectivity index (χ4v) is 1.94. The molecule has 3 heteroatoms. The molecule has 15 heavy (non-hydrogen) atoms. The number of H-pyrrole nitrogens is 2. The molecule has 0 spiro atoms. The Morgan fingerprint density at radius 1 is 1.27 bits per heavy atom. The predicted molar refractivity (Wildman–Crippen MR) is 61.9 cm³/mol. The molecule has 0 saturated heterocycles. The molecule has 0 saturated carbocycles.